The van der Waals surface area contributed by atoms with Crippen LogP contribution in [0.25, 0.3) is 0 Å². The lowest BCUT2D eigenvalue weighted by atomic mass is 10.2. The highest BCUT2D eigenvalue weighted by Crippen LogP contribution is 2.19. The standard InChI is InChI=1S/C13H10FN3O2S/c14-13-6-3-11(7-9(13)8-15)17-20(18,19)12-4-1-10(16)2-5-12/h1-7,17H,16H2. The summed E-state index contributed by atoms with van der Waals surface area (Å²) in [4.78, 5) is 0.0227. The Morgan fingerprint density at radius 2 is 1.80 bits per heavy atom. The first-order valence-corrected chi connectivity index (χ1v) is 6.99. The van der Waals surface area contributed by atoms with Gasteiger partial charge in [0.15, 0.2) is 0 Å². The van der Waals surface area contributed by atoms with Gasteiger partial charge in [0.2, 0.25) is 0 Å². The molecule has 0 atom stereocenters. The van der Waals surface area contributed by atoms with Gasteiger partial charge in [-0.1, -0.05) is 0 Å². The highest BCUT2D eigenvalue weighted by molar-refractivity contribution is 7.92. The number of halogens is 1. The van der Waals surface area contributed by atoms with E-state index in [1.807, 2.05) is 0 Å². The Hall–Kier alpha value is -2.59. The molecule has 0 saturated carbocycles. The number of hydrogen-bond acceptors (Lipinski definition) is 4. The first kappa shape index (κ1) is 13.8. The van der Waals surface area contributed by atoms with Crippen molar-refractivity contribution in [2.75, 3.05) is 10.5 Å². The van der Waals surface area contributed by atoms with Crippen LogP contribution in [0.3, 0.4) is 0 Å². The number of nitrogens with zero attached hydrogens (tertiary/aromatic N) is 1. The summed E-state index contributed by atoms with van der Waals surface area (Å²) < 4.78 is 39.6. The lowest BCUT2D eigenvalue weighted by Gasteiger charge is -2.08. The molecular formula is C13H10FN3O2S. The second-order valence-corrected chi connectivity index (χ2v) is 5.66. The number of nitriles is 1. The van der Waals surface area contributed by atoms with E-state index >= 15 is 0 Å². The second kappa shape index (κ2) is 5.19. The molecule has 0 heterocycles. The fourth-order valence-electron chi connectivity index (χ4n) is 1.54. The van der Waals surface area contributed by atoms with Crippen LogP contribution in [0.4, 0.5) is 15.8 Å². The number of hydrogen-bond donors (Lipinski definition) is 2. The van der Waals surface area contributed by atoms with E-state index in [1.54, 1.807) is 6.07 Å². The molecule has 0 aliphatic rings. The molecule has 0 radical (unpaired) electrons. The third-order valence-corrected chi connectivity index (χ3v) is 3.93. The fourth-order valence-corrected chi connectivity index (χ4v) is 2.59. The maximum atomic E-state index is 13.2. The number of nitrogens with two attached hydrogens (primary N) is 1. The first-order chi connectivity index (χ1) is 9.42. The first-order valence-electron chi connectivity index (χ1n) is 5.50. The summed E-state index contributed by atoms with van der Waals surface area (Å²) >= 11 is 0. The highest BCUT2D eigenvalue weighted by Gasteiger charge is 2.14. The summed E-state index contributed by atoms with van der Waals surface area (Å²) in [5.74, 6) is -0.706. The molecule has 3 N–H and O–H groups in total. The van der Waals surface area contributed by atoms with Gasteiger partial charge in [0, 0.05) is 5.69 Å². The summed E-state index contributed by atoms with van der Waals surface area (Å²) in [6.07, 6.45) is 0. The summed E-state index contributed by atoms with van der Waals surface area (Å²) in [6, 6.07) is 10.7. The molecule has 0 aliphatic heterocycles. The minimum absolute atomic E-state index is 0.0227. The predicted octanol–water partition coefficient (Wildman–Crippen LogP) is 2.08. The van der Waals surface area contributed by atoms with Gasteiger partial charge in [0.1, 0.15) is 11.9 Å². The van der Waals surface area contributed by atoms with Crippen molar-refractivity contribution >= 4 is 21.4 Å². The highest BCUT2D eigenvalue weighted by atomic mass is 32.2. The average Bonchev–Trinajstić information content (AvgIpc) is 2.41. The Morgan fingerprint density at radius 1 is 1.15 bits per heavy atom. The van der Waals surface area contributed by atoms with Crippen LogP contribution in [0.1, 0.15) is 5.56 Å². The maximum Gasteiger partial charge on any atom is 0.261 e. The van der Waals surface area contributed by atoms with E-state index < -0.39 is 15.8 Å². The van der Waals surface area contributed by atoms with Gasteiger partial charge in [0.25, 0.3) is 10.0 Å². The lowest BCUT2D eigenvalue weighted by Crippen LogP contribution is -2.13. The predicted molar refractivity (Wildman–Crippen MR) is 72.8 cm³/mol. The van der Waals surface area contributed by atoms with Crippen molar-refractivity contribution in [2.45, 2.75) is 4.90 Å². The van der Waals surface area contributed by atoms with Crippen LogP contribution in [-0.2, 0) is 10.0 Å². The monoisotopic (exact) mass is 291 g/mol. The SMILES string of the molecule is N#Cc1cc(NS(=O)(=O)c2ccc(N)cc2)ccc1F. The van der Waals surface area contributed by atoms with Crippen molar-refractivity contribution in [2.24, 2.45) is 0 Å². The normalized spacial score (nSPS) is 10.8. The smallest absolute Gasteiger partial charge is 0.261 e. The summed E-state index contributed by atoms with van der Waals surface area (Å²) in [6.45, 7) is 0. The van der Waals surface area contributed by atoms with Gasteiger partial charge in [-0.05, 0) is 42.5 Å². The molecular weight excluding hydrogens is 281 g/mol. The molecule has 2 aromatic rings. The summed E-state index contributed by atoms with van der Waals surface area (Å²) in [5.41, 5.74) is 5.80. The Morgan fingerprint density at radius 3 is 2.40 bits per heavy atom. The zero-order valence-electron chi connectivity index (χ0n) is 10.2. The molecule has 0 saturated heterocycles. The lowest BCUT2D eigenvalue weighted by molar-refractivity contribution is 0.601. The van der Waals surface area contributed by atoms with E-state index in [1.165, 1.54) is 30.3 Å². The van der Waals surface area contributed by atoms with Gasteiger partial charge in [-0.15, -0.1) is 0 Å². The summed E-state index contributed by atoms with van der Waals surface area (Å²) in [5, 5.41) is 8.71. The van der Waals surface area contributed by atoms with E-state index in [0.717, 1.165) is 12.1 Å². The molecule has 7 heteroatoms. The Bertz CT molecular complexity index is 780. The number of nitrogens with one attached hydrogen (secondary N) is 1. The van der Waals surface area contributed by atoms with E-state index in [2.05, 4.69) is 4.72 Å². The number of benzene rings is 2. The van der Waals surface area contributed by atoms with E-state index in [9.17, 15) is 12.8 Å². The average molecular weight is 291 g/mol. The maximum absolute atomic E-state index is 13.2. The van der Waals surface area contributed by atoms with Gasteiger partial charge >= 0.3 is 0 Å². The molecule has 2 rings (SSSR count). The van der Waals surface area contributed by atoms with Crippen molar-refractivity contribution in [3.63, 3.8) is 0 Å². The largest absolute Gasteiger partial charge is 0.399 e. The molecule has 0 amide bonds. The van der Waals surface area contributed by atoms with Gasteiger partial charge < -0.3 is 5.73 Å². The van der Waals surface area contributed by atoms with Crippen LogP contribution in [0.5, 0.6) is 0 Å². The number of sulfonamides is 1. The number of anilines is 2. The van der Waals surface area contributed by atoms with Crippen LogP contribution in [0, 0.1) is 17.1 Å². The number of nitrogen functional groups attached to an aromatic ring is 1. The van der Waals surface area contributed by atoms with E-state index in [4.69, 9.17) is 11.0 Å². The number of rotatable bonds is 3. The quantitative estimate of drug-likeness (QED) is 0.846. The van der Waals surface area contributed by atoms with Gasteiger partial charge in [-0.2, -0.15) is 5.26 Å². The topological polar surface area (TPSA) is 96.0 Å². The third-order valence-electron chi connectivity index (χ3n) is 2.53. The van der Waals surface area contributed by atoms with Crippen LogP contribution in [-0.4, -0.2) is 8.42 Å². The Kier molecular flexibility index (Phi) is 3.59. The van der Waals surface area contributed by atoms with Crippen LogP contribution in [0.2, 0.25) is 0 Å². The van der Waals surface area contributed by atoms with E-state index in [-0.39, 0.29) is 16.1 Å². The Balaban J connectivity index is 2.34. The minimum Gasteiger partial charge on any atom is -0.399 e. The Labute approximate surface area is 115 Å². The zero-order chi connectivity index (χ0) is 14.8. The second-order valence-electron chi connectivity index (χ2n) is 3.98. The fraction of sp³-hybridized carbons (Fsp3) is 0. The summed E-state index contributed by atoms with van der Waals surface area (Å²) in [7, 11) is -3.81. The van der Waals surface area contributed by atoms with E-state index in [0.29, 0.717) is 5.69 Å². The van der Waals surface area contributed by atoms with Crippen LogP contribution in [0.15, 0.2) is 47.4 Å². The van der Waals surface area contributed by atoms with Crippen LogP contribution < -0.4 is 10.5 Å². The molecule has 20 heavy (non-hydrogen) atoms. The van der Waals surface area contributed by atoms with Gasteiger partial charge in [0.05, 0.1) is 16.1 Å². The third kappa shape index (κ3) is 2.87. The molecule has 0 aromatic heterocycles. The van der Waals surface area contributed by atoms with Crippen molar-refractivity contribution in [1.82, 2.24) is 0 Å². The molecule has 2 aromatic carbocycles. The van der Waals surface area contributed by atoms with Crippen molar-refractivity contribution < 1.29 is 12.8 Å². The van der Waals surface area contributed by atoms with Crippen LogP contribution >= 0.6 is 0 Å². The molecule has 0 spiro atoms. The van der Waals surface area contributed by atoms with Gasteiger partial charge in [-0.25, -0.2) is 12.8 Å². The molecule has 5 nitrogen and oxygen atoms in total. The molecule has 0 aliphatic carbocycles. The molecule has 0 bridgehead atoms. The van der Waals surface area contributed by atoms with Crippen molar-refractivity contribution in [1.29, 1.82) is 5.26 Å². The zero-order valence-corrected chi connectivity index (χ0v) is 11.0. The molecule has 0 unspecified atom stereocenters. The minimum atomic E-state index is -3.81. The van der Waals surface area contributed by atoms with Crippen molar-refractivity contribution in [3.8, 4) is 6.07 Å². The molecule has 102 valence electrons. The van der Waals surface area contributed by atoms with Crippen molar-refractivity contribution in [3.05, 3.63) is 53.8 Å². The van der Waals surface area contributed by atoms with Gasteiger partial charge in [-0.3, -0.25) is 4.72 Å². The molecule has 0 fully saturated rings.